The molecule has 1 fully saturated rings. The molecule has 0 radical (unpaired) electrons. The maximum absolute atomic E-state index is 13.9. The number of rotatable bonds is 9. The molecular formula is C31H35BrN2O2. The van der Waals surface area contributed by atoms with Crippen LogP contribution in [0, 0.1) is 13.8 Å². The smallest absolute Gasteiger partial charge is 0.243 e. The molecule has 2 amide bonds. The lowest BCUT2D eigenvalue weighted by atomic mass is 10.00. The summed E-state index contributed by atoms with van der Waals surface area (Å²) >= 11 is 3.50. The second-order valence-electron chi connectivity index (χ2n) is 10.0. The molecule has 1 aliphatic carbocycles. The van der Waals surface area contributed by atoms with Gasteiger partial charge in [-0.15, -0.1) is 0 Å². The summed E-state index contributed by atoms with van der Waals surface area (Å²) in [6, 6.07) is 23.8. The zero-order valence-corrected chi connectivity index (χ0v) is 22.8. The summed E-state index contributed by atoms with van der Waals surface area (Å²) in [5, 5.41) is 3.27. The van der Waals surface area contributed by atoms with Crippen molar-refractivity contribution in [3.8, 4) is 0 Å². The number of carbonyl (C=O) groups is 2. The molecule has 1 aliphatic rings. The highest BCUT2D eigenvalue weighted by Crippen LogP contribution is 2.21. The molecule has 0 heterocycles. The highest BCUT2D eigenvalue weighted by atomic mass is 79.9. The number of hydrogen-bond acceptors (Lipinski definition) is 2. The number of halogens is 1. The second kappa shape index (κ2) is 12.4. The highest BCUT2D eigenvalue weighted by Gasteiger charge is 2.32. The van der Waals surface area contributed by atoms with Crippen LogP contribution in [0.2, 0.25) is 0 Å². The predicted octanol–water partition coefficient (Wildman–Crippen LogP) is 6.31. The summed E-state index contributed by atoms with van der Waals surface area (Å²) in [6.07, 6.45) is 5.04. The largest absolute Gasteiger partial charge is 0.352 e. The molecule has 1 saturated carbocycles. The Balaban J connectivity index is 1.66. The van der Waals surface area contributed by atoms with E-state index in [-0.39, 0.29) is 24.3 Å². The Morgan fingerprint density at radius 2 is 1.53 bits per heavy atom. The average Bonchev–Trinajstić information content (AvgIpc) is 3.35. The van der Waals surface area contributed by atoms with Crippen LogP contribution >= 0.6 is 15.9 Å². The standard InChI is InChI=1S/C31H35BrN2O2/c1-22-16-23(2)18-26(17-22)20-30(35)34(21-25-12-14-27(32)15-13-25)29(19-24-8-4-3-5-9-24)31(36)33-28-10-6-7-11-28/h3-5,8-9,12-18,28-29H,6-7,10-11,19-21H2,1-2H3,(H,33,36)/t29-/m0/s1. The molecule has 36 heavy (non-hydrogen) atoms. The minimum absolute atomic E-state index is 0.0366. The van der Waals surface area contributed by atoms with Gasteiger partial charge >= 0.3 is 0 Å². The normalized spacial score (nSPS) is 14.4. The maximum Gasteiger partial charge on any atom is 0.243 e. The van der Waals surface area contributed by atoms with E-state index in [1.165, 1.54) is 0 Å². The molecule has 0 saturated heterocycles. The lowest BCUT2D eigenvalue weighted by Crippen LogP contribution is -2.52. The zero-order valence-electron chi connectivity index (χ0n) is 21.2. The topological polar surface area (TPSA) is 49.4 Å². The van der Waals surface area contributed by atoms with Crippen LogP contribution in [0.4, 0.5) is 0 Å². The Morgan fingerprint density at radius 3 is 2.17 bits per heavy atom. The van der Waals surface area contributed by atoms with Gasteiger partial charge < -0.3 is 10.2 Å². The van der Waals surface area contributed by atoms with Crippen molar-refractivity contribution in [2.75, 3.05) is 0 Å². The van der Waals surface area contributed by atoms with Crippen LogP contribution in [-0.2, 0) is 29.0 Å². The third kappa shape index (κ3) is 7.30. The number of nitrogens with zero attached hydrogens (tertiary/aromatic N) is 1. The molecular weight excluding hydrogens is 512 g/mol. The second-order valence-corrected chi connectivity index (χ2v) is 10.9. The number of nitrogens with one attached hydrogen (secondary N) is 1. The summed E-state index contributed by atoms with van der Waals surface area (Å²) in [5.74, 6) is -0.0953. The van der Waals surface area contributed by atoms with E-state index < -0.39 is 6.04 Å². The van der Waals surface area contributed by atoms with Crippen LogP contribution in [0.5, 0.6) is 0 Å². The van der Waals surface area contributed by atoms with Gasteiger partial charge in [-0.3, -0.25) is 9.59 Å². The molecule has 0 aromatic heterocycles. The van der Waals surface area contributed by atoms with Crippen LogP contribution < -0.4 is 5.32 Å². The van der Waals surface area contributed by atoms with Gasteiger partial charge in [0.05, 0.1) is 6.42 Å². The number of amides is 2. The first-order chi connectivity index (χ1) is 17.4. The van der Waals surface area contributed by atoms with Crippen LogP contribution in [0.25, 0.3) is 0 Å². The van der Waals surface area contributed by atoms with Crippen molar-refractivity contribution in [2.45, 2.75) is 71.0 Å². The molecule has 4 nitrogen and oxygen atoms in total. The van der Waals surface area contributed by atoms with E-state index in [1.807, 2.05) is 68.4 Å². The predicted molar refractivity (Wildman–Crippen MR) is 149 cm³/mol. The molecule has 0 unspecified atom stereocenters. The Morgan fingerprint density at radius 1 is 0.889 bits per heavy atom. The van der Waals surface area contributed by atoms with Gasteiger partial charge in [0.15, 0.2) is 0 Å². The lowest BCUT2D eigenvalue weighted by molar-refractivity contribution is -0.141. The molecule has 0 spiro atoms. The Bertz CT molecular complexity index is 1150. The fourth-order valence-electron chi connectivity index (χ4n) is 5.16. The Kier molecular flexibility index (Phi) is 8.98. The average molecular weight is 548 g/mol. The molecule has 4 rings (SSSR count). The van der Waals surface area contributed by atoms with E-state index in [9.17, 15) is 9.59 Å². The fourth-order valence-corrected chi connectivity index (χ4v) is 5.42. The summed E-state index contributed by atoms with van der Waals surface area (Å²) in [6.45, 7) is 4.48. The first-order valence-corrected chi connectivity index (χ1v) is 13.6. The molecule has 0 bridgehead atoms. The molecule has 5 heteroatoms. The molecule has 188 valence electrons. The SMILES string of the molecule is Cc1cc(C)cc(CC(=O)N(Cc2ccc(Br)cc2)[C@@H](Cc2ccccc2)C(=O)NC2CCCC2)c1. The minimum atomic E-state index is -0.588. The molecule has 3 aromatic carbocycles. The van der Waals surface area contributed by atoms with E-state index in [2.05, 4.69) is 39.4 Å². The van der Waals surface area contributed by atoms with Crippen LogP contribution in [0.3, 0.4) is 0 Å². The first kappa shape index (κ1) is 26.2. The number of aryl methyl sites for hydroxylation is 2. The van der Waals surface area contributed by atoms with Gasteiger partial charge in [-0.2, -0.15) is 0 Å². The van der Waals surface area contributed by atoms with Crippen LogP contribution in [0.15, 0.2) is 77.3 Å². The summed E-state index contributed by atoms with van der Waals surface area (Å²) in [5.41, 5.74) is 5.30. The van der Waals surface area contributed by atoms with Gasteiger partial charge in [0.1, 0.15) is 6.04 Å². The van der Waals surface area contributed by atoms with E-state index in [0.717, 1.165) is 58.0 Å². The Hall–Kier alpha value is -2.92. The van der Waals surface area contributed by atoms with Crippen molar-refractivity contribution in [3.05, 3.63) is 105 Å². The minimum Gasteiger partial charge on any atom is -0.352 e. The van der Waals surface area contributed by atoms with Gasteiger partial charge in [-0.05, 0) is 55.5 Å². The van der Waals surface area contributed by atoms with Gasteiger partial charge in [0.2, 0.25) is 11.8 Å². The van der Waals surface area contributed by atoms with E-state index in [1.54, 1.807) is 4.90 Å². The van der Waals surface area contributed by atoms with Crippen molar-refractivity contribution < 1.29 is 9.59 Å². The number of benzene rings is 3. The highest BCUT2D eigenvalue weighted by molar-refractivity contribution is 9.10. The van der Waals surface area contributed by atoms with Gasteiger partial charge in [-0.1, -0.05) is 101 Å². The number of hydrogen-bond donors (Lipinski definition) is 1. The van der Waals surface area contributed by atoms with Gasteiger partial charge in [-0.25, -0.2) is 0 Å². The van der Waals surface area contributed by atoms with Crippen molar-refractivity contribution in [2.24, 2.45) is 0 Å². The van der Waals surface area contributed by atoms with E-state index >= 15 is 0 Å². The van der Waals surface area contributed by atoms with Crippen molar-refractivity contribution in [3.63, 3.8) is 0 Å². The van der Waals surface area contributed by atoms with E-state index in [0.29, 0.717) is 13.0 Å². The zero-order chi connectivity index (χ0) is 25.5. The Labute approximate surface area is 223 Å². The van der Waals surface area contributed by atoms with Crippen molar-refractivity contribution in [1.82, 2.24) is 10.2 Å². The van der Waals surface area contributed by atoms with Crippen molar-refractivity contribution in [1.29, 1.82) is 0 Å². The van der Waals surface area contributed by atoms with Gasteiger partial charge in [0, 0.05) is 23.5 Å². The van der Waals surface area contributed by atoms with Gasteiger partial charge in [0.25, 0.3) is 0 Å². The first-order valence-electron chi connectivity index (χ1n) is 12.8. The third-order valence-electron chi connectivity index (χ3n) is 6.88. The summed E-state index contributed by atoms with van der Waals surface area (Å²) < 4.78 is 0.985. The van der Waals surface area contributed by atoms with Crippen LogP contribution in [-0.4, -0.2) is 28.8 Å². The fraction of sp³-hybridized carbons (Fsp3) is 0.355. The van der Waals surface area contributed by atoms with E-state index in [4.69, 9.17) is 0 Å². The maximum atomic E-state index is 13.9. The summed E-state index contributed by atoms with van der Waals surface area (Å²) in [4.78, 5) is 29.4. The lowest BCUT2D eigenvalue weighted by Gasteiger charge is -2.32. The van der Waals surface area contributed by atoms with Crippen LogP contribution in [0.1, 0.15) is 53.5 Å². The quantitative estimate of drug-likeness (QED) is 0.342. The summed E-state index contributed by atoms with van der Waals surface area (Å²) in [7, 11) is 0. The molecule has 3 aromatic rings. The molecule has 1 N–H and O–H groups in total. The number of carbonyl (C=O) groups excluding carboxylic acids is 2. The monoisotopic (exact) mass is 546 g/mol. The van der Waals surface area contributed by atoms with Crippen molar-refractivity contribution >= 4 is 27.7 Å². The third-order valence-corrected chi connectivity index (χ3v) is 7.40. The molecule has 0 aliphatic heterocycles. The molecule has 1 atom stereocenters.